The van der Waals surface area contributed by atoms with Gasteiger partial charge in [-0.1, -0.05) is 31.0 Å². The van der Waals surface area contributed by atoms with Crippen molar-refractivity contribution in [3.05, 3.63) is 29.3 Å². The van der Waals surface area contributed by atoms with Gasteiger partial charge in [0.25, 0.3) is 0 Å². The zero-order chi connectivity index (χ0) is 16.9. The number of hydrogen-bond donors (Lipinski definition) is 1. The molecule has 1 N–H and O–H groups in total. The zero-order valence-electron chi connectivity index (χ0n) is 14.5. The molecule has 3 atom stereocenters. The van der Waals surface area contributed by atoms with Crippen LogP contribution in [0.1, 0.15) is 26.2 Å². The third kappa shape index (κ3) is 4.85. The first-order valence-corrected chi connectivity index (χ1v) is 9.52. The highest BCUT2D eigenvalue weighted by atomic mass is 35.5. The number of benzene rings is 1. The van der Waals surface area contributed by atoms with Crippen molar-refractivity contribution in [1.82, 2.24) is 4.90 Å². The molecule has 0 amide bonds. The maximum atomic E-state index is 10.3. The molecule has 4 nitrogen and oxygen atoms in total. The smallest absolute Gasteiger partial charge is 0.0900 e. The molecule has 24 heavy (non-hydrogen) atoms. The van der Waals surface area contributed by atoms with Crippen molar-refractivity contribution in [1.29, 1.82) is 0 Å². The Hall–Kier alpha value is -0.810. The van der Waals surface area contributed by atoms with Gasteiger partial charge >= 0.3 is 0 Å². The second kappa shape index (κ2) is 8.52. The predicted octanol–water partition coefficient (Wildman–Crippen LogP) is 3.03. The van der Waals surface area contributed by atoms with Crippen LogP contribution in [0.4, 0.5) is 5.69 Å². The molecule has 2 aliphatic rings. The number of nitrogens with zero attached hydrogens (tertiary/aromatic N) is 2. The van der Waals surface area contributed by atoms with Crippen LogP contribution in [0.25, 0.3) is 0 Å². The lowest BCUT2D eigenvalue weighted by Crippen LogP contribution is -2.49. The SMILES string of the molecule is CC1CCCC1OCC(O)CN1CCN(c2cccc(Cl)c2)CC1. The minimum atomic E-state index is -0.393. The summed E-state index contributed by atoms with van der Waals surface area (Å²) in [6, 6.07) is 8.02. The topological polar surface area (TPSA) is 35.9 Å². The van der Waals surface area contributed by atoms with Gasteiger partial charge < -0.3 is 14.7 Å². The third-order valence-electron chi connectivity index (χ3n) is 5.30. The molecule has 1 aromatic rings. The molecule has 0 aromatic heterocycles. The molecule has 5 heteroatoms. The number of ether oxygens (including phenoxy) is 1. The summed E-state index contributed by atoms with van der Waals surface area (Å²) < 4.78 is 5.92. The van der Waals surface area contributed by atoms with Crippen molar-refractivity contribution in [2.75, 3.05) is 44.2 Å². The highest BCUT2D eigenvalue weighted by Gasteiger charge is 2.25. The van der Waals surface area contributed by atoms with Crippen LogP contribution in [0.5, 0.6) is 0 Å². The fraction of sp³-hybridized carbons (Fsp3) is 0.684. The fourth-order valence-corrected chi connectivity index (χ4v) is 3.99. The molecular formula is C19H29ClN2O2. The van der Waals surface area contributed by atoms with Crippen LogP contribution in [-0.2, 0) is 4.74 Å². The van der Waals surface area contributed by atoms with E-state index in [4.69, 9.17) is 16.3 Å². The lowest BCUT2D eigenvalue weighted by atomic mass is 10.1. The predicted molar refractivity (Wildman–Crippen MR) is 98.9 cm³/mol. The normalized spacial score (nSPS) is 26.7. The minimum absolute atomic E-state index is 0.347. The van der Waals surface area contributed by atoms with E-state index in [9.17, 15) is 5.11 Å². The van der Waals surface area contributed by atoms with Crippen LogP contribution in [-0.4, -0.2) is 61.5 Å². The molecule has 1 aliphatic carbocycles. The summed E-state index contributed by atoms with van der Waals surface area (Å²) >= 11 is 6.08. The van der Waals surface area contributed by atoms with Crippen molar-refractivity contribution in [3.8, 4) is 0 Å². The Balaban J connectivity index is 1.38. The summed E-state index contributed by atoms with van der Waals surface area (Å²) in [5, 5.41) is 11.1. The van der Waals surface area contributed by atoms with Crippen molar-refractivity contribution < 1.29 is 9.84 Å². The van der Waals surface area contributed by atoms with E-state index in [-0.39, 0.29) is 0 Å². The van der Waals surface area contributed by atoms with Gasteiger partial charge in [0.15, 0.2) is 0 Å². The highest BCUT2D eigenvalue weighted by Crippen LogP contribution is 2.27. The van der Waals surface area contributed by atoms with Gasteiger partial charge in [-0.25, -0.2) is 0 Å². The van der Waals surface area contributed by atoms with Crippen LogP contribution in [0.3, 0.4) is 0 Å². The van der Waals surface area contributed by atoms with Crippen LogP contribution in [0.2, 0.25) is 5.02 Å². The van der Waals surface area contributed by atoms with Crippen LogP contribution < -0.4 is 4.90 Å². The van der Waals surface area contributed by atoms with Crippen LogP contribution in [0, 0.1) is 5.92 Å². The maximum Gasteiger partial charge on any atom is 0.0900 e. The minimum Gasteiger partial charge on any atom is -0.389 e. The first kappa shape index (κ1) is 18.0. The van der Waals surface area contributed by atoms with Gasteiger partial charge in [0, 0.05) is 43.4 Å². The number of β-amino-alcohol motifs (C(OH)–C–C–N with tert-alkyl or cyclic N) is 1. The van der Waals surface area contributed by atoms with Gasteiger partial charge in [0.1, 0.15) is 0 Å². The van der Waals surface area contributed by atoms with Gasteiger partial charge in [0.2, 0.25) is 0 Å². The monoisotopic (exact) mass is 352 g/mol. The Morgan fingerprint density at radius 3 is 2.71 bits per heavy atom. The Morgan fingerprint density at radius 1 is 1.25 bits per heavy atom. The van der Waals surface area contributed by atoms with Crippen molar-refractivity contribution in [2.45, 2.75) is 38.4 Å². The maximum absolute atomic E-state index is 10.3. The lowest BCUT2D eigenvalue weighted by Gasteiger charge is -2.37. The third-order valence-corrected chi connectivity index (χ3v) is 5.54. The van der Waals surface area contributed by atoms with Crippen molar-refractivity contribution in [2.24, 2.45) is 5.92 Å². The van der Waals surface area contributed by atoms with Crippen LogP contribution in [0.15, 0.2) is 24.3 Å². The number of hydrogen-bond acceptors (Lipinski definition) is 4. The summed E-state index contributed by atoms with van der Waals surface area (Å²) in [7, 11) is 0. The van der Waals surface area contributed by atoms with Gasteiger partial charge in [-0.05, 0) is 37.0 Å². The summed E-state index contributed by atoms with van der Waals surface area (Å²) in [6.45, 7) is 7.26. The second-order valence-corrected chi connectivity index (χ2v) is 7.64. The molecule has 1 aromatic carbocycles. The van der Waals surface area contributed by atoms with E-state index in [1.54, 1.807) is 0 Å². The summed E-state index contributed by atoms with van der Waals surface area (Å²) in [6.07, 6.45) is 3.61. The molecule has 134 valence electrons. The summed E-state index contributed by atoms with van der Waals surface area (Å²) in [4.78, 5) is 4.68. The van der Waals surface area contributed by atoms with E-state index >= 15 is 0 Å². The first-order chi connectivity index (χ1) is 11.6. The number of aliphatic hydroxyl groups excluding tert-OH is 1. The number of aliphatic hydroxyl groups is 1. The molecule has 1 saturated heterocycles. The highest BCUT2D eigenvalue weighted by molar-refractivity contribution is 6.30. The molecule has 0 radical (unpaired) electrons. The number of rotatable bonds is 6. The van der Waals surface area contributed by atoms with E-state index in [1.807, 2.05) is 18.2 Å². The Bertz CT molecular complexity index is 520. The van der Waals surface area contributed by atoms with Crippen molar-refractivity contribution >= 4 is 17.3 Å². The number of piperazine rings is 1. The van der Waals surface area contributed by atoms with Crippen molar-refractivity contribution in [3.63, 3.8) is 0 Å². The van der Waals surface area contributed by atoms with E-state index < -0.39 is 6.10 Å². The lowest BCUT2D eigenvalue weighted by molar-refractivity contribution is -0.0321. The molecule has 0 bridgehead atoms. The molecule has 1 aliphatic heterocycles. The standard InChI is InChI=1S/C19H29ClN2O2/c1-15-4-2-7-19(15)24-14-18(23)13-21-8-10-22(11-9-21)17-6-3-5-16(20)12-17/h3,5-6,12,15,18-19,23H,2,4,7-11,13-14H2,1H3. The largest absolute Gasteiger partial charge is 0.389 e. The molecule has 3 rings (SSSR count). The Morgan fingerprint density at radius 2 is 2.04 bits per heavy atom. The van der Waals surface area contributed by atoms with E-state index in [0.29, 0.717) is 25.2 Å². The van der Waals surface area contributed by atoms with Gasteiger partial charge in [-0.3, -0.25) is 4.90 Å². The molecule has 1 heterocycles. The molecule has 3 unspecified atom stereocenters. The molecular weight excluding hydrogens is 324 g/mol. The average molecular weight is 353 g/mol. The fourth-order valence-electron chi connectivity index (χ4n) is 3.81. The molecule has 0 spiro atoms. The van der Waals surface area contributed by atoms with Crippen LogP contribution >= 0.6 is 11.6 Å². The molecule has 1 saturated carbocycles. The van der Waals surface area contributed by atoms with Gasteiger partial charge in [0.05, 0.1) is 18.8 Å². The van der Waals surface area contributed by atoms with Gasteiger partial charge in [-0.2, -0.15) is 0 Å². The Labute approximate surface area is 150 Å². The van der Waals surface area contributed by atoms with E-state index in [0.717, 1.165) is 37.6 Å². The average Bonchev–Trinajstić information content (AvgIpc) is 2.99. The number of anilines is 1. The van der Waals surface area contributed by atoms with E-state index in [1.165, 1.54) is 18.5 Å². The zero-order valence-corrected chi connectivity index (χ0v) is 15.3. The quantitative estimate of drug-likeness (QED) is 0.853. The summed E-state index contributed by atoms with van der Waals surface area (Å²) in [5.41, 5.74) is 1.18. The number of halogens is 1. The first-order valence-electron chi connectivity index (χ1n) is 9.14. The Kier molecular flexibility index (Phi) is 6.39. The molecule has 2 fully saturated rings. The van der Waals surface area contributed by atoms with Gasteiger partial charge in [-0.15, -0.1) is 0 Å². The summed E-state index contributed by atoms with van der Waals surface area (Å²) in [5.74, 6) is 0.637. The second-order valence-electron chi connectivity index (χ2n) is 7.20. The van der Waals surface area contributed by atoms with E-state index in [2.05, 4.69) is 22.8 Å².